The number of nitrogens with zero attached hydrogens (tertiary/aromatic N) is 1. The fraction of sp³-hybridized carbons (Fsp3) is 0.235. The fourth-order valence-electron chi connectivity index (χ4n) is 2.28. The number of alkyl halides is 3. The first-order valence-electron chi connectivity index (χ1n) is 7.72. The zero-order chi connectivity index (χ0) is 21.1. The Morgan fingerprint density at radius 2 is 1.89 bits per heavy atom. The number of carbonyl (C=O) groups is 1. The summed E-state index contributed by atoms with van der Waals surface area (Å²) in [6.07, 6.45) is -4.57. The zero-order valence-electron chi connectivity index (χ0n) is 14.7. The van der Waals surface area contributed by atoms with Gasteiger partial charge in [0.1, 0.15) is 10.6 Å². The molecule has 152 valence electrons. The Hall–Kier alpha value is -2.30. The first kappa shape index (κ1) is 22.0. The largest absolute Gasteiger partial charge is 0.495 e. The summed E-state index contributed by atoms with van der Waals surface area (Å²) in [5.74, 6) is -0.777. The normalized spacial score (nSPS) is 12.1. The van der Waals surface area contributed by atoms with Crippen LogP contribution in [0.4, 0.5) is 18.9 Å². The van der Waals surface area contributed by atoms with Crippen LogP contribution in [0.5, 0.6) is 5.75 Å². The van der Waals surface area contributed by atoms with Crippen LogP contribution < -0.4 is 10.1 Å². The average molecular weight is 437 g/mol. The molecule has 0 radical (unpaired) electrons. The van der Waals surface area contributed by atoms with Crippen molar-refractivity contribution in [3.63, 3.8) is 0 Å². The second-order valence-corrected chi connectivity index (χ2v) is 8.13. The second kappa shape index (κ2) is 8.38. The minimum absolute atomic E-state index is 0.0366. The van der Waals surface area contributed by atoms with Crippen LogP contribution in [0.2, 0.25) is 5.02 Å². The van der Waals surface area contributed by atoms with Gasteiger partial charge in [-0.1, -0.05) is 17.7 Å². The maximum atomic E-state index is 12.7. The van der Waals surface area contributed by atoms with E-state index in [0.717, 1.165) is 29.6 Å². The molecule has 0 atom stereocenters. The van der Waals surface area contributed by atoms with Crippen LogP contribution >= 0.6 is 11.6 Å². The smallest absolute Gasteiger partial charge is 0.416 e. The minimum atomic E-state index is -4.57. The number of methoxy groups -OCH3 is 1. The first-order chi connectivity index (χ1) is 12.9. The minimum Gasteiger partial charge on any atom is -0.495 e. The second-order valence-electron chi connectivity index (χ2n) is 5.68. The van der Waals surface area contributed by atoms with Gasteiger partial charge < -0.3 is 10.1 Å². The molecule has 0 spiro atoms. The van der Waals surface area contributed by atoms with Crippen molar-refractivity contribution in [1.82, 2.24) is 4.31 Å². The molecular formula is C17H16ClF3N2O4S. The number of rotatable bonds is 6. The molecule has 2 rings (SSSR count). The van der Waals surface area contributed by atoms with E-state index in [4.69, 9.17) is 16.3 Å². The van der Waals surface area contributed by atoms with E-state index in [1.54, 1.807) is 0 Å². The lowest BCUT2D eigenvalue weighted by Gasteiger charge is -2.19. The topological polar surface area (TPSA) is 75.7 Å². The van der Waals surface area contributed by atoms with Crippen LogP contribution in [0.25, 0.3) is 0 Å². The van der Waals surface area contributed by atoms with Gasteiger partial charge in [-0.3, -0.25) is 4.79 Å². The number of halogens is 4. The number of hydrogen-bond acceptors (Lipinski definition) is 4. The number of likely N-dealkylation sites (N-methyl/N-ethyl adjacent to an activating group) is 1. The number of anilines is 1. The highest BCUT2D eigenvalue weighted by Crippen LogP contribution is 2.31. The quantitative estimate of drug-likeness (QED) is 0.750. The molecule has 2 aromatic rings. The van der Waals surface area contributed by atoms with E-state index in [0.29, 0.717) is 0 Å². The lowest BCUT2D eigenvalue weighted by molar-refractivity contribution is -0.137. The molecule has 0 saturated heterocycles. The average Bonchev–Trinajstić information content (AvgIpc) is 2.61. The molecule has 11 heteroatoms. The fourth-order valence-corrected chi connectivity index (χ4v) is 3.82. The lowest BCUT2D eigenvalue weighted by atomic mass is 10.2. The lowest BCUT2D eigenvalue weighted by Crippen LogP contribution is -2.35. The van der Waals surface area contributed by atoms with Crippen LogP contribution in [0.15, 0.2) is 47.4 Å². The van der Waals surface area contributed by atoms with Crippen molar-refractivity contribution >= 4 is 33.2 Å². The molecule has 1 amide bonds. The summed E-state index contributed by atoms with van der Waals surface area (Å²) in [7, 11) is -1.71. The van der Waals surface area contributed by atoms with Crippen molar-refractivity contribution in [3.8, 4) is 5.75 Å². The molecule has 28 heavy (non-hydrogen) atoms. The number of benzene rings is 2. The van der Waals surface area contributed by atoms with E-state index in [9.17, 15) is 26.4 Å². The molecule has 0 aliphatic carbocycles. The number of amides is 1. The van der Waals surface area contributed by atoms with E-state index in [1.807, 2.05) is 0 Å². The molecule has 0 fully saturated rings. The van der Waals surface area contributed by atoms with Gasteiger partial charge in [-0.05, 0) is 36.4 Å². The van der Waals surface area contributed by atoms with E-state index in [1.165, 1.54) is 31.4 Å². The summed E-state index contributed by atoms with van der Waals surface area (Å²) < 4.78 is 69.4. The van der Waals surface area contributed by atoms with Crippen molar-refractivity contribution in [2.45, 2.75) is 11.1 Å². The summed E-state index contributed by atoms with van der Waals surface area (Å²) in [5, 5.41) is 2.40. The van der Waals surface area contributed by atoms with Gasteiger partial charge >= 0.3 is 6.18 Å². The Morgan fingerprint density at radius 1 is 1.21 bits per heavy atom. The Kier molecular flexibility index (Phi) is 6.58. The highest BCUT2D eigenvalue weighted by atomic mass is 35.5. The predicted molar refractivity (Wildman–Crippen MR) is 97.9 cm³/mol. The Balaban J connectivity index is 2.17. The van der Waals surface area contributed by atoms with Crippen molar-refractivity contribution in [2.75, 3.05) is 26.0 Å². The van der Waals surface area contributed by atoms with Crippen molar-refractivity contribution in [2.24, 2.45) is 0 Å². The SMILES string of the molecule is COc1ccc(Cl)cc1S(=O)(=O)N(C)CC(=O)Nc1cccc(C(F)(F)F)c1. The summed E-state index contributed by atoms with van der Waals surface area (Å²) in [6.45, 7) is -0.631. The molecule has 0 saturated carbocycles. The number of ether oxygens (including phenoxy) is 1. The number of hydrogen-bond donors (Lipinski definition) is 1. The molecular weight excluding hydrogens is 421 g/mol. The third-order valence-corrected chi connectivity index (χ3v) is 5.71. The van der Waals surface area contributed by atoms with Gasteiger partial charge in [-0.15, -0.1) is 0 Å². The first-order valence-corrected chi connectivity index (χ1v) is 9.54. The van der Waals surface area contributed by atoms with Gasteiger partial charge in [0.15, 0.2) is 0 Å². The van der Waals surface area contributed by atoms with Gasteiger partial charge in [-0.2, -0.15) is 17.5 Å². The Morgan fingerprint density at radius 3 is 2.50 bits per heavy atom. The summed E-state index contributed by atoms with van der Waals surface area (Å²) in [6, 6.07) is 8.00. The van der Waals surface area contributed by atoms with Crippen molar-refractivity contribution in [1.29, 1.82) is 0 Å². The Bertz CT molecular complexity index is 981. The van der Waals surface area contributed by atoms with Gasteiger partial charge in [0.25, 0.3) is 0 Å². The molecule has 0 bridgehead atoms. The summed E-state index contributed by atoms with van der Waals surface area (Å²) in [5.41, 5.74) is -1.04. The maximum Gasteiger partial charge on any atom is 0.416 e. The number of carbonyl (C=O) groups excluding carboxylic acids is 1. The summed E-state index contributed by atoms with van der Waals surface area (Å²) >= 11 is 5.84. The highest BCUT2D eigenvalue weighted by Gasteiger charge is 2.31. The van der Waals surface area contributed by atoms with Crippen LogP contribution in [0.1, 0.15) is 5.56 Å². The van der Waals surface area contributed by atoms with Crippen molar-refractivity contribution < 1.29 is 31.1 Å². The third kappa shape index (κ3) is 5.15. The van der Waals surface area contributed by atoms with Gasteiger partial charge in [0.05, 0.1) is 19.2 Å². The molecule has 0 heterocycles. The van der Waals surface area contributed by atoms with Gasteiger partial charge in [0.2, 0.25) is 15.9 Å². The number of sulfonamides is 1. The molecule has 0 unspecified atom stereocenters. The number of nitrogens with one attached hydrogen (secondary N) is 1. The van der Waals surface area contributed by atoms with Crippen molar-refractivity contribution in [3.05, 3.63) is 53.1 Å². The molecule has 0 aliphatic heterocycles. The van der Waals surface area contributed by atoms with Gasteiger partial charge in [-0.25, -0.2) is 8.42 Å². The van der Waals surface area contributed by atoms with E-state index in [2.05, 4.69) is 5.32 Å². The van der Waals surface area contributed by atoms with Crippen LogP contribution in [-0.2, 0) is 21.0 Å². The summed E-state index contributed by atoms with van der Waals surface area (Å²) in [4.78, 5) is 11.9. The standard InChI is InChI=1S/C17H16ClF3N2O4S/c1-23(28(25,26)15-9-12(18)6-7-14(15)27-2)10-16(24)22-13-5-3-4-11(8-13)17(19,20)21/h3-9H,10H2,1-2H3,(H,22,24). The van der Waals surface area contributed by atoms with Crippen LogP contribution in [0.3, 0.4) is 0 Å². The zero-order valence-corrected chi connectivity index (χ0v) is 16.3. The molecule has 6 nitrogen and oxygen atoms in total. The third-order valence-electron chi connectivity index (χ3n) is 3.65. The molecule has 0 aliphatic rings. The maximum absolute atomic E-state index is 12.7. The van der Waals surface area contributed by atoms with E-state index in [-0.39, 0.29) is 21.4 Å². The van der Waals surface area contributed by atoms with E-state index >= 15 is 0 Å². The van der Waals surface area contributed by atoms with Gasteiger partial charge in [0, 0.05) is 17.8 Å². The molecule has 2 aromatic carbocycles. The molecule has 1 N–H and O–H groups in total. The van der Waals surface area contributed by atoms with Crippen LogP contribution in [0, 0.1) is 0 Å². The Labute approximate surface area is 164 Å². The highest BCUT2D eigenvalue weighted by molar-refractivity contribution is 7.89. The predicted octanol–water partition coefficient (Wildman–Crippen LogP) is 3.63. The van der Waals surface area contributed by atoms with Crippen LogP contribution in [-0.4, -0.2) is 39.3 Å². The molecule has 0 aromatic heterocycles. The monoisotopic (exact) mass is 436 g/mol. The van der Waals surface area contributed by atoms with E-state index < -0.39 is 34.2 Å².